The molecule has 80 valence electrons. The van der Waals surface area contributed by atoms with Gasteiger partial charge in [-0.05, 0) is 13.3 Å². The molecule has 0 saturated heterocycles. The van der Waals surface area contributed by atoms with Crippen molar-refractivity contribution < 1.29 is 14.2 Å². The Hall–Kier alpha value is -0.160. The van der Waals surface area contributed by atoms with Crippen LogP contribution in [0.2, 0.25) is 0 Å². The number of rotatable bonds is 9. The van der Waals surface area contributed by atoms with Gasteiger partial charge in [-0.25, -0.2) is 0 Å². The largest absolute Gasteiger partial charge is 0.382 e. The van der Waals surface area contributed by atoms with E-state index < -0.39 is 0 Å². The van der Waals surface area contributed by atoms with Gasteiger partial charge in [0.15, 0.2) is 0 Å². The van der Waals surface area contributed by atoms with Crippen LogP contribution in [0.15, 0.2) is 0 Å². The summed E-state index contributed by atoms with van der Waals surface area (Å²) in [5, 5.41) is 0. The highest BCUT2D eigenvalue weighted by Crippen LogP contribution is 1.87. The fourth-order valence-corrected chi connectivity index (χ4v) is 0.733. The van der Waals surface area contributed by atoms with Crippen molar-refractivity contribution in [3.63, 3.8) is 0 Å². The first-order valence-electron chi connectivity index (χ1n) is 4.67. The molecule has 0 bridgehead atoms. The van der Waals surface area contributed by atoms with Crippen LogP contribution in [0.25, 0.3) is 0 Å². The number of ether oxygens (including phenoxy) is 3. The van der Waals surface area contributed by atoms with Gasteiger partial charge in [0.25, 0.3) is 0 Å². The molecule has 0 saturated carbocycles. The van der Waals surface area contributed by atoms with E-state index in [1.165, 1.54) is 0 Å². The van der Waals surface area contributed by atoms with Gasteiger partial charge in [-0.2, -0.15) is 0 Å². The molecule has 0 aliphatic heterocycles. The minimum atomic E-state index is 0.217. The van der Waals surface area contributed by atoms with E-state index in [2.05, 4.69) is 0 Å². The fraction of sp³-hybridized carbons (Fsp3) is 1.00. The van der Waals surface area contributed by atoms with Gasteiger partial charge in [0, 0.05) is 19.8 Å². The van der Waals surface area contributed by atoms with E-state index in [1.54, 1.807) is 7.11 Å². The molecule has 1 unspecified atom stereocenters. The molecule has 0 heterocycles. The molecule has 2 N–H and O–H groups in total. The first-order chi connectivity index (χ1) is 6.27. The summed E-state index contributed by atoms with van der Waals surface area (Å²) in [6.45, 7) is 5.22. The summed E-state index contributed by atoms with van der Waals surface area (Å²) in [5.41, 5.74) is 5.55. The molecule has 0 rings (SSSR count). The minimum absolute atomic E-state index is 0.217. The molecule has 0 aliphatic carbocycles. The number of nitrogens with two attached hydrogens (primary N) is 1. The van der Waals surface area contributed by atoms with Crippen LogP contribution in [0.3, 0.4) is 0 Å². The van der Waals surface area contributed by atoms with Crippen molar-refractivity contribution >= 4 is 0 Å². The molecule has 0 radical (unpaired) electrons. The molecular formula is C9H21NO3. The van der Waals surface area contributed by atoms with E-state index in [9.17, 15) is 0 Å². The summed E-state index contributed by atoms with van der Waals surface area (Å²) in [6, 6.07) is 0.217. The van der Waals surface area contributed by atoms with Gasteiger partial charge in [0.05, 0.1) is 26.4 Å². The maximum Gasteiger partial charge on any atom is 0.0701 e. The molecule has 0 amide bonds. The fourth-order valence-electron chi connectivity index (χ4n) is 0.733. The Balaban J connectivity index is 2.84. The first kappa shape index (κ1) is 12.8. The van der Waals surface area contributed by atoms with Crippen LogP contribution in [0.5, 0.6) is 0 Å². The van der Waals surface area contributed by atoms with E-state index in [-0.39, 0.29) is 6.04 Å². The third-order valence-corrected chi connectivity index (χ3v) is 1.52. The standard InChI is InChI=1S/C9H21NO3/c1-9(10)3-4-12-7-8-13-6-5-11-2/h9H,3-8,10H2,1-2H3. The number of hydrogen-bond acceptors (Lipinski definition) is 4. The second kappa shape index (κ2) is 9.92. The van der Waals surface area contributed by atoms with Crippen molar-refractivity contribution in [3.05, 3.63) is 0 Å². The van der Waals surface area contributed by atoms with E-state index in [4.69, 9.17) is 19.9 Å². The van der Waals surface area contributed by atoms with Crippen molar-refractivity contribution in [3.8, 4) is 0 Å². The molecule has 1 atom stereocenters. The number of methoxy groups -OCH3 is 1. The topological polar surface area (TPSA) is 53.7 Å². The van der Waals surface area contributed by atoms with Gasteiger partial charge in [-0.1, -0.05) is 0 Å². The molecule has 0 aromatic carbocycles. The van der Waals surface area contributed by atoms with Crippen molar-refractivity contribution in [2.75, 3.05) is 40.1 Å². The Morgan fingerprint density at radius 2 is 1.54 bits per heavy atom. The van der Waals surface area contributed by atoms with Crippen LogP contribution in [0.1, 0.15) is 13.3 Å². The molecule has 0 aromatic heterocycles. The zero-order chi connectivity index (χ0) is 9.94. The van der Waals surface area contributed by atoms with Crippen LogP contribution < -0.4 is 5.73 Å². The molecule has 0 aliphatic rings. The van der Waals surface area contributed by atoms with Crippen LogP contribution in [-0.2, 0) is 14.2 Å². The maximum absolute atomic E-state index is 5.55. The van der Waals surface area contributed by atoms with Gasteiger partial charge >= 0.3 is 0 Å². The van der Waals surface area contributed by atoms with Crippen LogP contribution in [0, 0.1) is 0 Å². The third kappa shape index (κ3) is 11.8. The van der Waals surface area contributed by atoms with Crippen molar-refractivity contribution in [1.82, 2.24) is 0 Å². The number of hydrogen-bond donors (Lipinski definition) is 1. The lowest BCUT2D eigenvalue weighted by Crippen LogP contribution is -2.18. The van der Waals surface area contributed by atoms with Gasteiger partial charge in [0.1, 0.15) is 0 Å². The predicted molar refractivity (Wildman–Crippen MR) is 51.8 cm³/mol. The van der Waals surface area contributed by atoms with Gasteiger partial charge in [0.2, 0.25) is 0 Å². The maximum atomic E-state index is 5.55. The molecule has 13 heavy (non-hydrogen) atoms. The van der Waals surface area contributed by atoms with Gasteiger partial charge in [-0.15, -0.1) is 0 Å². The highest BCUT2D eigenvalue weighted by molar-refractivity contribution is 4.50. The van der Waals surface area contributed by atoms with Crippen LogP contribution in [0.4, 0.5) is 0 Å². The molecule has 0 fully saturated rings. The minimum Gasteiger partial charge on any atom is -0.382 e. The highest BCUT2D eigenvalue weighted by atomic mass is 16.5. The Morgan fingerprint density at radius 3 is 2.08 bits per heavy atom. The Morgan fingerprint density at radius 1 is 1.00 bits per heavy atom. The predicted octanol–water partition coefficient (Wildman–Crippen LogP) is 0.403. The molecule has 0 spiro atoms. The lowest BCUT2D eigenvalue weighted by Gasteiger charge is -2.06. The monoisotopic (exact) mass is 191 g/mol. The zero-order valence-electron chi connectivity index (χ0n) is 8.62. The van der Waals surface area contributed by atoms with E-state index >= 15 is 0 Å². The molecule has 4 heteroatoms. The molecule has 4 nitrogen and oxygen atoms in total. The van der Waals surface area contributed by atoms with E-state index in [1.807, 2.05) is 6.92 Å². The SMILES string of the molecule is COCCOCCOCCC(C)N. The third-order valence-electron chi connectivity index (χ3n) is 1.52. The second-order valence-electron chi connectivity index (χ2n) is 2.98. The summed E-state index contributed by atoms with van der Waals surface area (Å²) >= 11 is 0. The second-order valence-corrected chi connectivity index (χ2v) is 2.98. The lowest BCUT2D eigenvalue weighted by atomic mass is 10.3. The smallest absolute Gasteiger partial charge is 0.0701 e. The van der Waals surface area contributed by atoms with Crippen molar-refractivity contribution in [2.45, 2.75) is 19.4 Å². The van der Waals surface area contributed by atoms with E-state index in [0.717, 1.165) is 6.42 Å². The summed E-state index contributed by atoms with van der Waals surface area (Å²) in [6.07, 6.45) is 0.901. The lowest BCUT2D eigenvalue weighted by molar-refractivity contribution is 0.0236. The molecular weight excluding hydrogens is 170 g/mol. The average molecular weight is 191 g/mol. The van der Waals surface area contributed by atoms with Crippen LogP contribution in [-0.4, -0.2) is 46.2 Å². The Kier molecular flexibility index (Phi) is 9.80. The van der Waals surface area contributed by atoms with Crippen LogP contribution >= 0.6 is 0 Å². The van der Waals surface area contributed by atoms with E-state index in [0.29, 0.717) is 33.0 Å². The summed E-state index contributed by atoms with van der Waals surface area (Å²) in [5.74, 6) is 0. The van der Waals surface area contributed by atoms with Gasteiger partial charge < -0.3 is 19.9 Å². The summed E-state index contributed by atoms with van der Waals surface area (Å²) < 4.78 is 15.3. The first-order valence-corrected chi connectivity index (χ1v) is 4.67. The average Bonchev–Trinajstić information content (AvgIpc) is 2.09. The highest BCUT2D eigenvalue weighted by Gasteiger charge is 1.93. The Bertz CT molecular complexity index is 98.9. The Labute approximate surface area is 80.3 Å². The zero-order valence-corrected chi connectivity index (χ0v) is 8.62. The quantitative estimate of drug-likeness (QED) is 0.536. The normalized spacial score (nSPS) is 13.2. The van der Waals surface area contributed by atoms with Crippen molar-refractivity contribution in [1.29, 1.82) is 0 Å². The summed E-state index contributed by atoms with van der Waals surface area (Å²) in [4.78, 5) is 0. The van der Waals surface area contributed by atoms with Gasteiger partial charge in [-0.3, -0.25) is 0 Å². The summed E-state index contributed by atoms with van der Waals surface area (Å²) in [7, 11) is 1.66. The van der Waals surface area contributed by atoms with Crippen molar-refractivity contribution in [2.24, 2.45) is 5.73 Å². The molecule has 0 aromatic rings.